The molecule has 1 aliphatic rings. The summed E-state index contributed by atoms with van der Waals surface area (Å²) in [5.41, 5.74) is 8.53. The van der Waals surface area contributed by atoms with Crippen LogP contribution in [0.25, 0.3) is 0 Å². The second-order valence-electron chi connectivity index (χ2n) is 4.96. The van der Waals surface area contributed by atoms with Gasteiger partial charge in [-0.1, -0.05) is 19.3 Å². The molecule has 3 N–H and O–H groups in total. The van der Waals surface area contributed by atoms with Crippen LogP contribution in [-0.4, -0.2) is 17.1 Å². The van der Waals surface area contributed by atoms with Gasteiger partial charge in [0, 0.05) is 29.7 Å². The van der Waals surface area contributed by atoms with Crippen LogP contribution in [0.15, 0.2) is 18.3 Å². The lowest BCUT2D eigenvalue weighted by Gasteiger charge is -2.33. The fraction of sp³-hybridized carbons (Fsp3) is 0.615. The first-order valence-electron chi connectivity index (χ1n) is 6.13. The lowest BCUT2D eigenvalue weighted by atomic mass is 9.82. The molecule has 0 radical (unpaired) electrons. The summed E-state index contributed by atoms with van der Waals surface area (Å²) in [6, 6.07) is 4.06. The number of hydrogen-bond donors (Lipinski definition) is 2. The van der Waals surface area contributed by atoms with E-state index in [2.05, 4.69) is 16.4 Å². The molecule has 1 aliphatic carbocycles. The van der Waals surface area contributed by atoms with E-state index in [4.69, 9.17) is 5.73 Å². The first-order chi connectivity index (χ1) is 7.68. The van der Waals surface area contributed by atoms with Crippen LogP contribution in [0.5, 0.6) is 0 Å². The van der Waals surface area contributed by atoms with Gasteiger partial charge in [-0.3, -0.25) is 4.98 Å². The molecular formula is C13H21N3. The molecule has 2 rings (SSSR count). The molecule has 0 aliphatic heterocycles. The topological polar surface area (TPSA) is 50.9 Å². The summed E-state index contributed by atoms with van der Waals surface area (Å²) in [5.74, 6) is 0. The van der Waals surface area contributed by atoms with E-state index in [-0.39, 0.29) is 5.54 Å². The third kappa shape index (κ3) is 2.95. The van der Waals surface area contributed by atoms with Crippen LogP contribution in [0, 0.1) is 6.92 Å². The van der Waals surface area contributed by atoms with Crippen LogP contribution < -0.4 is 11.1 Å². The second-order valence-corrected chi connectivity index (χ2v) is 4.96. The van der Waals surface area contributed by atoms with Crippen LogP contribution in [-0.2, 0) is 0 Å². The van der Waals surface area contributed by atoms with Gasteiger partial charge in [-0.2, -0.15) is 0 Å². The smallest absolute Gasteiger partial charge is 0.0393 e. The highest BCUT2D eigenvalue weighted by molar-refractivity contribution is 5.43. The van der Waals surface area contributed by atoms with Crippen molar-refractivity contribution in [3.8, 4) is 0 Å². The molecule has 0 atom stereocenters. The molecule has 88 valence electrons. The summed E-state index contributed by atoms with van der Waals surface area (Å²) in [6.45, 7) is 2.88. The molecule has 0 saturated heterocycles. The van der Waals surface area contributed by atoms with Gasteiger partial charge in [0.05, 0.1) is 0 Å². The van der Waals surface area contributed by atoms with E-state index in [1.807, 2.05) is 19.2 Å². The van der Waals surface area contributed by atoms with Crippen LogP contribution in [0.2, 0.25) is 0 Å². The maximum Gasteiger partial charge on any atom is 0.0393 e. The normalized spacial score (nSPS) is 19.4. The van der Waals surface area contributed by atoms with E-state index in [1.165, 1.54) is 19.3 Å². The Hall–Kier alpha value is -1.09. The lowest BCUT2D eigenvalue weighted by Crippen LogP contribution is -2.47. The van der Waals surface area contributed by atoms with Gasteiger partial charge in [0.25, 0.3) is 0 Å². The summed E-state index contributed by atoms with van der Waals surface area (Å²) in [6.07, 6.45) is 8.00. The molecule has 1 fully saturated rings. The summed E-state index contributed by atoms with van der Waals surface area (Å²) in [7, 11) is 0. The number of aromatic nitrogens is 1. The fourth-order valence-corrected chi connectivity index (χ4v) is 2.37. The van der Waals surface area contributed by atoms with Gasteiger partial charge in [-0.25, -0.2) is 0 Å². The SMILES string of the molecule is Cc1cc(NCC2(N)CCCCC2)ccn1. The minimum absolute atomic E-state index is 0.00454. The van der Waals surface area contributed by atoms with Crippen LogP contribution in [0.1, 0.15) is 37.8 Å². The van der Waals surface area contributed by atoms with E-state index < -0.39 is 0 Å². The number of anilines is 1. The fourth-order valence-electron chi connectivity index (χ4n) is 2.37. The number of aryl methyl sites for hydroxylation is 1. The Morgan fingerprint density at radius 3 is 2.81 bits per heavy atom. The highest BCUT2D eigenvalue weighted by Crippen LogP contribution is 2.26. The molecule has 1 aromatic rings. The number of nitrogens with zero attached hydrogens (tertiary/aromatic N) is 1. The lowest BCUT2D eigenvalue weighted by molar-refractivity contribution is 0.311. The van der Waals surface area contributed by atoms with Crippen LogP contribution in [0.3, 0.4) is 0 Å². The number of nitrogens with two attached hydrogens (primary N) is 1. The molecule has 0 unspecified atom stereocenters. The highest BCUT2D eigenvalue weighted by atomic mass is 14.9. The van der Waals surface area contributed by atoms with Crippen molar-refractivity contribution in [3.63, 3.8) is 0 Å². The first-order valence-corrected chi connectivity index (χ1v) is 6.13. The molecule has 0 amide bonds. The average Bonchev–Trinajstić information content (AvgIpc) is 2.28. The van der Waals surface area contributed by atoms with Gasteiger partial charge in [0.1, 0.15) is 0 Å². The van der Waals surface area contributed by atoms with Crippen LogP contribution >= 0.6 is 0 Å². The van der Waals surface area contributed by atoms with Crippen molar-refractivity contribution in [1.29, 1.82) is 0 Å². The van der Waals surface area contributed by atoms with Crippen molar-refractivity contribution in [1.82, 2.24) is 4.98 Å². The van der Waals surface area contributed by atoms with Crippen molar-refractivity contribution < 1.29 is 0 Å². The van der Waals surface area contributed by atoms with Crippen molar-refractivity contribution in [3.05, 3.63) is 24.0 Å². The predicted octanol–water partition coefficient (Wildman–Crippen LogP) is 2.46. The summed E-state index contributed by atoms with van der Waals surface area (Å²) < 4.78 is 0. The Labute approximate surface area is 97.5 Å². The standard InChI is InChI=1S/C13H21N3/c1-11-9-12(5-8-15-11)16-10-13(14)6-3-2-4-7-13/h5,8-9H,2-4,6-7,10,14H2,1H3,(H,15,16). The molecule has 3 nitrogen and oxygen atoms in total. The molecule has 0 bridgehead atoms. The van der Waals surface area contributed by atoms with Gasteiger partial charge < -0.3 is 11.1 Å². The molecule has 1 heterocycles. The number of nitrogens with one attached hydrogen (secondary N) is 1. The summed E-state index contributed by atoms with van der Waals surface area (Å²) in [4.78, 5) is 4.18. The van der Waals surface area contributed by atoms with Crippen molar-refractivity contribution in [2.24, 2.45) is 5.73 Å². The van der Waals surface area contributed by atoms with E-state index in [0.29, 0.717) is 0 Å². The quantitative estimate of drug-likeness (QED) is 0.821. The maximum atomic E-state index is 6.37. The Balaban J connectivity index is 1.91. The Morgan fingerprint density at radius 2 is 2.12 bits per heavy atom. The highest BCUT2D eigenvalue weighted by Gasteiger charge is 2.26. The molecule has 1 aromatic heterocycles. The van der Waals surface area contributed by atoms with Gasteiger partial charge in [-0.15, -0.1) is 0 Å². The Kier molecular flexibility index (Phi) is 3.44. The monoisotopic (exact) mass is 219 g/mol. The third-order valence-corrected chi connectivity index (χ3v) is 3.39. The van der Waals surface area contributed by atoms with Gasteiger partial charge in [-0.05, 0) is 31.9 Å². The predicted molar refractivity (Wildman–Crippen MR) is 67.5 cm³/mol. The summed E-state index contributed by atoms with van der Waals surface area (Å²) >= 11 is 0. The zero-order valence-electron chi connectivity index (χ0n) is 10.00. The van der Waals surface area contributed by atoms with Crippen molar-refractivity contribution in [2.75, 3.05) is 11.9 Å². The van der Waals surface area contributed by atoms with Crippen LogP contribution in [0.4, 0.5) is 5.69 Å². The number of hydrogen-bond acceptors (Lipinski definition) is 3. The zero-order chi connectivity index (χ0) is 11.4. The van der Waals surface area contributed by atoms with E-state index in [0.717, 1.165) is 30.8 Å². The van der Waals surface area contributed by atoms with E-state index in [9.17, 15) is 0 Å². The first kappa shape index (κ1) is 11.4. The minimum Gasteiger partial charge on any atom is -0.383 e. The maximum absolute atomic E-state index is 6.37. The van der Waals surface area contributed by atoms with E-state index in [1.54, 1.807) is 0 Å². The molecular weight excluding hydrogens is 198 g/mol. The van der Waals surface area contributed by atoms with Gasteiger partial charge >= 0.3 is 0 Å². The van der Waals surface area contributed by atoms with Crippen molar-refractivity contribution >= 4 is 5.69 Å². The molecule has 3 heteroatoms. The molecule has 16 heavy (non-hydrogen) atoms. The minimum atomic E-state index is -0.00454. The number of rotatable bonds is 3. The Morgan fingerprint density at radius 1 is 1.38 bits per heavy atom. The van der Waals surface area contributed by atoms with Crippen molar-refractivity contribution in [2.45, 2.75) is 44.6 Å². The number of pyridine rings is 1. The van der Waals surface area contributed by atoms with Gasteiger partial charge in [0.15, 0.2) is 0 Å². The molecule has 0 aromatic carbocycles. The van der Waals surface area contributed by atoms with E-state index >= 15 is 0 Å². The second kappa shape index (κ2) is 4.83. The Bertz CT molecular complexity index is 343. The summed E-state index contributed by atoms with van der Waals surface area (Å²) in [5, 5.41) is 3.43. The molecule has 0 spiro atoms. The van der Waals surface area contributed by atoms with Gasteiger partial charge in [0.2, 0.25) is 0 Å². The molecule has 1 saturated carbocycles. The zero-order valence-corrected chi connectivity index (χ0v) is 10.00. The largest absolute Gasteiger partial charge is 0.383 e. The average molecular weight is 219 g/mol. The third-order valence-electron chi connectivity index (χ3n) is 3.39.